The standard InChI is InChI=1S/C30H34N2O2/c1-19-15-21(3)25(22(4)16-19)31-27(33)29(7,8)28(34)32(30(31)13-11-9-10-12-14-30)26-23(5)17-20(2)18-24(26)6/h9-18H,1-8H3. The normalized spacial score (nSPS) is 18.7. The summed E-state index contributed by atoms with van der Waals surface area (Å²) in [7, 11) is 0. The van der Waals surface area contributed by atoms with Gasteiger partial charge in [0.25, 0.3) is 0 Å². The molecule has 0 bridgehead atoms. The van der Waals surface area contributed by atoms with Gasteiger partial charge in [0.05, 0.1) is 11.4 Å². The highest BCUT2D eigenvalue weighted by Gasteiger charge is 2.59. The maximum absolute atomic E-state index is 14.2. The first-order valence-electron chi connectivity index (χ1n) is 11.8. The van der Waals surface area contributed by atoms with Gasteiger partial charge in [0, 0.05) is 0 Å². The summed E-state index contributed by atoms with van der Waals surface area (Å²) in [6.45, 7) is 15.8. The van der Waals surface area contributed by atoms with Crippen LogP contribution in [0, 0.1) is 47.0 Å². The second-order valence-electron chi connectivity index (χ2n) is 10.3. The van der Waals surface area contributed by atoms with Crippen molar-refractivity contribution in [2.45, 2.75) is 61.1 Å². The minimum atomic E-state index is -1.24. The van der Waals surface area contributed by atoms with E-state index < -0.39 is 11.1 Å². The summed E-state index contributed by atoms with van der Waals surface area (Å²) in [5.41, 5.74) is 5.64. The molecule has 0 unspecified atom stereocenters. The molecule has 34 heavy (non-hydrogen) atoms. The van der Waals surface area contributed by atoms with Crippen LogP contribution in [0.4, 0.5) is 11.4 Å². The maximum atomic E-state index is 14.2. The molecular formula is C30H34N2O2. The number of hydrogen-bond donors (Lipinski definition) is 0. The van der Waals surface area contributed by atoms with Crippen LogP contribution < -0.4 is 9.80 Å². The van der Waals surface area contributed by atoms with Gasteiger partial charge in [-0.15, -0.1) is 0 Å². The molecule has 1 spiro atoms. The number of rotatable bonds is 2. The molecule has 4 nitrogen and oxygen atoms in total. The Hall–Kier alpha value is -3.40. The highest BCUT2D eigenvalue weighted by Crippen LogP contribution is 2.47. The van der Waals surface area contributed by atoms with Crippen molar-refractivity contribution < 1.29 is 9.59 Å². The van der Waals surface area contributed by atoms with Crippen molar-refractivity contribution >= 4 is 23.2 Å². The van der Waals surface area contributed by atoms with Gasteiger partial charge in [-0.25, -0.2) is 0 Å². The molecule has 2 aliphatic rings. The van der Waals surface area contributed by atoms with E-state index in [0.29, 0.717) is 0 Å². The Morgan fingerprint density at radius 1 is 0.559 bits per heavy atom. The topological polar surface area (TPSA) is 40.6 Å². The van der Waals surface area contributed by atoms with E-state index >= 15 is 0 Å². The van der Waals surface area contributed by atoms with E-state index in [1.54, 1.807) is 13.8 Å². The molecule has 1 fully saturated rings. The number of nitrogens with zero attached hydrogens (tertiary/aromatic N) is 2. The van der Waals surface area contributed by atoms with E-state index in [0.717, 1.165) is 44.8 Å². The average Bonchev–Trinajstić information content (AvgIpc) is 2.97. The third-order valence-electron chi connectivity index (χ3n) is 6.93. The molecule has 2 aromatic carbocycles. The summed E-state index contributed by atoms with van der Waals surface area (Å²) in [5.74, 6) is -0.412. The van der Waals surface area contributed by atoms with Gasteiger partial charge < -0.3 is 0 Å². The number of aryl methyl sites for hydroxylation is 6. The first-order chi connectivity index (χ1) is 15.9. The van der Waals surface area contributed by atoms with Gasteiger partial charge >= 0.3 is 0 Å². The maximum Gasteiger partial charge on any atom is 0.244 e. The fourth-order valence-corrected chi connectivity index (χ4v) is 5.56. The van der Waals surface area contributed by atoms with Crippen molar-refractivity contribution in [3.05, 3.63) is 94.1 Å². The van der Waals surface area contributed by atoms with Crippen LogP contribution in [0.5, 0.6) is 0 Å². The molecule has 0 aromatic heterocycles. The minimum Gasteiger partial charge on any atom is -0.280 e. The molecule has 2 amide bonds. The van der Waals surface area contributed by atoms with Gasteiger partial charge in [-0.1, -0.05) is 59.7 Å². The largest absolute Gasteiger partial charge is 0.280 e. The van der Waals surface area contributed by atoms with E-state index in [-0.39, 0.29) is 11.8 Å². The Morgan fingerprint density at radius 2 is 0.882 bits per heavy atom. The summed E-state index contributed by atoms with van der Waals surface area (Å²) < 4.78 is 0. The summed E-state index contributed by atoms with van der Waals surface area (Å²) in [6.07, 6.45) is 11.7. The number of hydrogen-bond acceptors (Lipinski definition) is 2. The summed E-state index contributed by atoms with van der Waals surface area (Å²) in [6, 6.07) is 8.40. The Bertz CT molecular complexity index is 1150. The van der Waals surface area contributed by atoms with E-state index in [1.807, 2.05) is 74.0 Å². The van der Waals surface area contributed by atoms with Crippen molar-refractivity contribution in [3.63, 3.8) is 0 Å². The summed E-state index contributed by atoms with van der Waals surface area (Å²) in [4.78, 5) is 32.1. The van der Waals surface area contributed by atoms with Gasteiger partial charge in [0.2, 0.25) is 11.8 Å². The molecule has 1 aliphatic carbocycles. The summed E-state index contributed by atoms with van der Waals surface area (Å²) >= 11 is 0. The molecule has 0 atom stereocenters. The fourth-order valence-electron chi connectivity index (χ4n) is 5.56. The van der Waals surface area contributed by atoms with Gasteiger partial charge in [-0.05, 0) is 89.8 Å². The molecule has 1 heterocycles. The van der Waals surface area contributed by atoms with E-state index in [2.05, 4.69) is 38.1 Å². The second-order valence-corrected chi connectivity index (χ2v) is 10.3. The van der Waals surface area contributed by atoms with Gasteiger partial charge in [-0.3, -0.25) is 19.4 Å². The van der Waals surface area contributed by atoms with Crippen LogP contribution in [0.25, 0.3) is 0 Å². The van der Waals surface area contributed by atoms with Crippen LogP contribution in [0.1, 0.15) is 47.2 Å². The minimum absolute atomic E-state index is 0.206. The number of carbonyl (C=O) groups is 2. The zero-order chi connectivity index (χ0) is 25.0. The molecule has 1 saturated heterocycles. The second kappa shape index (κ2) is 8.12. The van der Waals surface area contributed by atoms with Crippen LogP contribution in [0.15, 0.2) is 60.7 Å². The predicted molar refractivity (Wildman–Crippen MR) is 140 cm³/mol. The van der Waals surface area contributed by atoms with Crippen LogP contribution >= 0.6 is 0 Å². The number of allylic oxidation sites excluding steroid dienone is 4. The highest BCUT2D eigenvalue weighted by molar-refractivity contribution is 6.22. The monoisotopic (exact) mass is 454 g/mol. The SMILES string of the molecule is Cc1cc(C)c(N2C(=O)C(C)(C)C(=O)N(c3c(C)cc(C)cc3C)C23C=CC=CC=C3)c(C)c1. The molecule has 176 valence electrons. The van der Waals surface area contributed by atoms with E-state index in [4.69, 9.17) is 0 Å². The quantitative estimate of drug-likeness (QED) is 0.498. The van der Waals surface area contributed by atoms with Gasteiger partial charge in [0.1, 0.15) is 5.41 Å². The third-order valence-corrected chi connectivity index (χ3v) is 6.93. The van der Waals surface area contributed by atoms with Crippen molar-refractivity contribution in [2.75, 3.05) is 9.80 Å². The molecule has 4 rings (SSSR count). The average molecular weight is 455 g/mol. The lowest BCUT2D eigenvalue weighted by molar-refractivity contribution is -0.142. The Labute approximate surface area is 203 Å². The zero-order valence-corrected chi connectivity index (χ0v) is 21.5. The van der Waals surface area contributed by atoms with Crippen LogP contribution in [-0.2, 0) is 9.59 Å². The number of amides is 2. The number of benzene rings is 2. The van der Waals surface area contributed by atoms with Crippen molar-refractivity contribution in [1.29, 1.82) is 0 Å². The van der Waals surface area contributed by atoms with Crippen LogP contribution in [0.2, 0.25) is 0 Å². The first kappa shape index (κ1) is 23.7. The lowest BCUT2D eigenvalue weighted by Crippen LogP contribution is -2.73. The first-order valence-corrected chi connectivity index (χ1v) is 11.8. The predicted octanol–water partition coefficient (Wildman–Crippen LogP) is 6.32. The summed E-state index contributed by atoms with van der Waals surface area (Å²) in [5, 5.41) is 0. The van der Waals surface area contributed by atoms with Crippen LogP contribution in [-0.4, -0.2) is 17.5 Å². The van der Waals surface area contributed by atoms with Crippen molar-refractivity contribution in [2.24, 2.45) is 5.41 Å². The van der Waals surface area contributed by atoms with E-state index in [1.165, 1.54) is 0 Å². The molecule has 4 heteroatoms. The highest BCUT2D eigenvalue weighted by atomic mass is 16.2. The Morgan fingerprint density at radius 3 is 1.21 bits per heavy atom. The smallest absolute Gasteiger partial charge is 0.244 e. The molecule has 0 N–H and O–H groups in total. The van der Waals surface area contributed by atoms with Crippen LogP contribution in [0.3, 0.4) is 0 Å². The number of carbonyl (C=O) groups excluding carboxylic acids is 2. The lowest BCUT2D eigenvalue weighted by Gasteiger charge is -2.55. The van der Waals surface area contributed by atoms with E-state index in [9.17, 15) is 9.59 Å². The van der Waals surface area contributed by atoms with Crippen molar-refractivity contribution in [1.82, 2.24) is 0 Å². The molecular weight excluding hydrogens is 420 g/mol. The lowest BCUT2D eigenvalue weighted by atomic mass is 9.80. The zero-order valence-electron chi connectivity index (χ0n) is 21.5. The third kappa shape index (κ3) is 3.44. The van der Waals surface area contributed by atoms with Gasteiger partial charge in [0.15, 0.2) is 5.66 Å². The molecule has 1 aliphatic heterocycles. The Kier molecular flexibility index (Phi) is 5.67. The van der Waals surface area contributed by atoms with Crippen molar-refractivity contribution in [3.8, 4) is 0 Å². The Balaban J connectivity index is 2.14. The van der Waals surface area contributed by atoms with Gasteiger partial charge in [-0.2, -0.15) is 0 Å². The molecule has 2 aromatic rings. The fraction of sp³-hybridized carbons (Fsp3) is 0.333. The number of anilines is 2. The molecule has 0 saturated carbocycles. The molecule has 0 radical (unpaired) electrons.